The summed E-state index contributed by atoms with van der Waals surface area (Å²) < 4.78 is 17.8. The van der Waals surface area contributed by atoms with Crippen LogP contribution in [0.25, 0.3) is 43.9 Å². The highest BCUT2D eigenvalue weighted by atomic mass is 16.5. The standard InChI is InChI=1S/C26H18O3/c1-3-7-23-19(5-1)21-13-17(9-11-25(21)28-23)15-27-16-18-10-12-26-22(14-18)20-6-2-4-8-24(20)29-26/h1-14H,15-16H2. The van der Waals surface area contributed by atoms with Crippen molar-refractivity contribution < 1.29 is 13.6 Å². The van der Waals surface area contributed by atoms with E-state index in [1.165, 1.54) is 0 Å². The third-order valence-corrected chi connectivity index (χ3v) is 5.42. The molecule has 29 heavy (non-hydrogen) atoms. The average molecular weight is 378 g/mol. The largest absolute Gasteiger partial charge is 0.456 e. The molecule has 2 heterocycles. The van der Waals surface area contributed by atoms with Crippen LogP contribution in [0.2, 0.25) is 0 Å². The fraction of sp³-hybridized carbons (Fsp3) is 0.0769. The minimum Gasteiger partial charge on any atom is -0.456 e. The Balaban J connectivity index is 1.24. The lowest BCUT2D eigenvalue weighted by atomic mass is 10.1. The van der Waals surface area contributed by atoms with Crippen molar-refractivity contribution in [2.45, 2.75) is 13.2 Å². The van der Waals surface area contributed by atoms with E-state index in [0.717, 1.165) is 55.0 Å². The minimum atomic E-state index is 0.555. The molecule has 0 bridgehead atoms. The second-order valence-corrected chi connectivity index (χ2v) is 7.35. The van der Waals surface area contributed by atoms with Gasteiger partial charge in [0.15, 0.2) is 0 Å². The van der Waals surface area contributed by atoms with Crippen molar-refractivity contribution in [2.24, 2.45) is 0 Å². The zero-order valence-corrected chi connectivity index (χ0v) is 15.7. The van der Waals surface area contributed by atoms with Crippen LogP contribution in [0.3, 0.4) is 0 Å². The molecule has 0 aliphatic rings. The molecule has 6 aromatic rings. The number of ether oxygens (including phenoxy) is 1. The molecule has 0 aliphatic carbocycles. The third-order valence-electron chi connectivity index (χ3n) is 5.42. The Morgan fingerprint density at radius 2 is 0.931 bits per heavy atom. The zero-order valence-electron chi connectivity index (χ0n) is 15.7. The highest BCUT2D eigenvalue weighted by molar-refractivity contribution is 6.05. The highest BCUT2D eigenvalue weighted by Crippen LogP contribution is 2.30. The Morgan fingerprint density at radius 3 is 1.45 bits per heavy atom. The van der Waals surface area contributed by atoms with Crippen molar-refractivity contribution in [3.8, 4) is 0 Å². The predicted octanol–water partition coefficient (Wildman–Crippen LogP) is 7.20. The molecule has 3 nitrogen and oxygen atoms in total. The van der Waals surface area contributed by atoms with Crippen molar-refractivity contribution in [2.75, 3.05) is 0 Å². The fourth-order valence-corrected chi connectivity index (χ4v) is 4.01. The van der Waals surface area contributed by atoms with Gasteiger partial charge in [-0.2, -0.15) is 0 Å². The van der Waals surface area contributed by atoms with Crippen molar-refractivity contribution >= 4 is 43.9 Å². The van der Waals surface area contributed by atoms with E-state index in [4.69, 9.17) is 13.6 Å². The number of hydrogen-bond acceptors (Lipinski definition) is 3. The van der Waals surface area contributed by atoms with Gasteiger partial charge >= 0.3 is 0 Å². The molecule has 3 heteroatoms. The van der Waals surface area contributed by atoms with E-state index >= 15 is 0 Å². The molecule has 4 aromatic carbocycles. The van der Waals surface area contributed by atoms with Crippen molar-refractivity contribution in [1.82, 2.24) is 0 Å². The normalized spacial score (nSPS) is 11.9. The van der Waals surface area contributed by atoms with E-state index in [0.29, 0.717) is 13.2 Å². The first-order valence-corrected chi connectivity index (χ1v) is 9.73. The number of rotatable bonds is 4. The molecule has 2 aromatic heterocycles. The molecule has 140 valence electrons. The minimum absolute atomic E-state index is 0.555. The lowest BCUT2D eigenvalue weighted by molar-refractivity contribution is 0.107. The van der Waals surface area contributed by atoms with Crippen LogP contribution in [0, 0.1) is 0 Å². The molecular formula is C26H18O3. The van der Waals surface area contributed by atoms with Gasteiger partial charge in [-0.25, -0.2) is 0 Å². The Bertz CT molecular complexity index is 1370. The maximum absolute atomic E-state index is 6.02. The van der Waals surface area contributed by atoms with E-state index in [9.17, 15) is 0 Å². The first kappa shape index (κ1) is 16.4. The van der Waals surface area contributed by atoms with Gasteiger partial charge in [-0.1, -0.05) is 48.5 Å². The second-order valence-electron chi connectivity index (χ2n) is 7.35. The predicted molar refractivity (Wildman–Crippen MR) is 116 cm³/mol. The molecule has 0 radical (unpaired) electrons. The zero-order chi connectivity index (χ0) is 19.2. The van der Waals surface area contributed by atoms with Crippen LogP contribution in [0.1, 0.15) is 11.1 Å². The molecule has 0 saturated carbocycles. The summed E-state index contributed by atoms with van der Waals surface area (Å²) in [5.41, 5.74) is 5.93. The maximum atomic E-state index is 6.02. The monoisotopic (exact) mass is 378 g/mol. The Kier molecular flexibility index (Phi) is 3.68. The summed E-state index contributed by atoms with van der Waals surface area (Å²) >= 11 is 0. The van der Waals surface area contributed by atoms with Gasteiger partial charge in [0.25, 0.3) is 0 Å². The van der Waals surface area contributed by atoms with Gasteiger partial charge in [-0.05, 0) is 47.5 Å². The van der Waals surface area contributed by atoms with Crippen molar-refractivity contribution in [1.29, 1.82) is 0 Å². The van der Waals surface area contributed by atoms with Gasteiger partial charge in [0.1, 0.15) is 22.3 Å². The summed E-state index contributed by atoms with van der Waals surface area (Å²) in [6.45, 7) is 1.11. The van der Waals surface area contributed by atoms with Crippen LogP contribution in [-0.2, 0) is 18.0 Å². The van der Waals surface area contributed by atoms with Crippen molar-refractivity contribution in [3.05, 3.63) is 96.1 Å². The lowest BCUT2D eigenvalue weighted by Crippen LogP contribution is -1.94. The Labute approximate surface area is 167 Å². The topological polar surface area (TPSA) is 35.5 Å². The average Bonchev–Trinajstić information content (AvgIpc) is 3.31. The number of para-hydroxylation sites is 2. The van der Waals surface area contributed by atoms with Gasteiger partial charge < -0.3 is 13.6 Å². The lowest BCUT2D eigenvalue weighted by Gasteiger charge is -2.05. The summed E-state index contributed by atoms with van der Waals surface area (Å²) in [5, 5.41) is 4.55. The first-order valence-electron chi connectivity index (χ1n) is 9.73. The van der Waals surface area contributed by atoms with Crippen LogP contribution in [-0.4, -0.2) is 0 Å². The molecular weight excluding hydrogens is 360 g/mol. The van der Waals surface area contributed by atoms with E-state index < -0.39 is 0 Å². The smallest absolute Gasteiger partial charge is 0.135 e. The van der Waals surface area contributed by atoms with Gasteiger partial charge in [0.05, 0.1) is 13.2 Å². The molecule has 0 fully saturated rings. The summed E-state index contributed by atoms with van der Waals surface area (Å²) in [5.74, 6) is 0. The molecule has 0 unspecified atom stereocenters. The van der Waals surface area contributed by atoms with Gasteiger partial charge in [-0.3, -0.25) is 0 Å². The fourth-order valence-electron chi connectivity index (χ4n) is 4.01. The van der Waals surface area contributed by atoms with E-state index in [1.54, 1.807) is 0 Å². The third kappa shape index (κ3) is 2.79. The van der Waals surface area contributed by atoms with Crippen LogP contribution < -0.4 is 0 Å². The summed E-state index contributed by atoms with van der Waals surface area (Å²) in [6, 6.07) is 28.8. The van der Waals surface area contributed by atoms with E-state index in [-0.39, 0.29) is 0 Å². The second kappa shape index (κ2) is 6.50. The molecule has 0 spiro atoms. The highest BCUT2D eigenvalue weighted by Gasteiger charge is 2.09. The summed E-state index contributed by atoms with van der Waals surface area (Å²) in [6.07, 6.45) is 0. The molecule has 0 N–H and O–H groups in total. The van der Waals surface area contributed by atoms with Crippen LogP contribution >= 0.6 is 0 Å². The first-order chi connectivity index (χ1) is 14.3. The number of benzene rings is 4. The Morgan fingerprint density at radius 1 is 0.483 bits per heavy atom. The maximum Gasteiger partial charge on any atom is 0.135 e. The van der Waals surface area contributed by atoms with Crippen LogP contribution in [0.4, 0.5) is 0 Å². The number of fused-ring (bicyclic) bond motifs is 6. The van der Waals surface area contributed by atoms with Gasteiger partial charge in [0, 0.05) is 21.5 Å². The summed E-state index contributed by atoms with van der Waals surface area (Å²) in [7, 11) is 0. The molecule has 6 rings (SSSR count). The quantitative estimate of drug-likeness (QED) is 0.325. The molecule has 0 atom stereocenters. The summed E-state index contributed by atoms with van der Waals surface area (Å²) in [4.78, 5) is 0. The van der Waals surface area contributed by atoms with Crippen molar-refractivity contribution in [3.63, 3.8) is 0 Å². The van der Waals surface area contributed by atoms with Gasteiger partial charge in [0.2, 0.25) is 0 Å². The Hall–Kier alpha value is -3.56. The van der Waals surface area contributed by atoms with E-state index in [1.807, 2.05) is 48.5 Å². The SMILES string of the molecule is c1ccc2c(c1)oc1ccc(COCc3ccc4oc5ccccc5c4c3)cc12. The van der Waals surface area contributed by atoms with E-state index in [2.05, 4.69) is 36.4 Å². The molecule has 0 saturated heterocycles. The van der Waals surface area contributed by atoms with Gasteiger partial charge in [-0.15, -0.1) is 0 Å². The molecule has 0 amide bonds. The van der Waals surface area contributed by atoms with Crippen LogP contribution in [0.15, 0.2) is 93.8 Å². The molecule has 0 aliphatic heterocycles. The number of furan rings is 2. The van der Waals surface area contributed by atoms with Crippen LogP contribution in [0.5, 0.6) is 0 Å². The number of hydrogen-bond donors (Lipinski definition) is 0.